The molecule has 142 valence electrons. The quantitative estimate of drug-likeness (QED) is 0.577. The highest BCUT2D eigenvalue weighted by Crippen LogP contribution is 2.27. The van der Waals surface area contributed by atoms with Crippen molar-refractivity contribution in [3.8, 4) is 5.75 Å². The molecule has 7 heteroatoms. The molecule has 0 saturated carbocycles. The summed E-state index contributed by atoms with van der Waals surface area (Å²) in [5.74, 6) is 0.752. The van der Waals surface area contributed by atoms with Gasteiger partial charge < -0.3 is 15.4 Å². The maximum absolute atomic E-state index is 12.5. The van der Waals surface area contributed by atoms with Crippen LogP contribution in [0.5, 0.6) is 5.75 Å². The van der Waals surface area contributed by atoms with E-state index in [0.29, 0.717) is 33.4 Å². The van der Waals surface area contributed by atoms with Gasteiger partial charge in [0.1, 0.15) is 11.6 Å². The van der Waals surface area contributed by atoms with E-state index in [1.54, 1.807) is 60.8 Å². The molecule has 0 spiro atoms. The number of benzene rings is 2. The van der Waals surface area contributed by atoms with Crippen molar-refractivity contribution < 1.29 is 14.3 Å². The number of carbonyl (C=O) groups excluding carboxylic acids is 2. The second-order valence-corrected chi connectivity index (χ2v) is 6.40. The molecule has 0 atom stereocenters. The number of pyridine rings is 1. The highest BCUT2D eigenvalue weighted by Gasteiger charge is 2.10. The fourth-order valence-electron chi connectivity index (χ4n) is 2.52. The van der Waals surface area contributed by atoms with Crippen LogP contribution < -0.4 is 15.4 Å². The number of hydrogen-bond acceptors (Lipinski definition) is 5. The standard InChI is InChI=1S/C21H18ClN3O3/c1-13(26)14-3-5-16(6-4-14)24-20-11-15(9-10-23-20)21(27)25-17-7-8-19(28-2)18(22)12-17/h3-12H,1-2H3,(H,23,24)(H,25,27). The first-order chi connectivity index (χ1) is 13.5. The van der Waals surface area contributed by atoms with Crippen LogP contribution in [-0.2, 0) is 0 Å². The number of aromatic nitrogens is 1. The number of carbonyl (C=O) groups is 2. The third-order valence-corrected chi connectivity index (χ3v) is 4.29. The number of ether oxygens (including phenoxy) is 1. The van der Waals surface area contributed by atoms with Crippen LogP contribution in [0.1, 0.15) is 27.6 Å². The van der Waals surface area contributed by atoms with E-state index in [1.165, 1.54) is 14.0 Å². The number of rotatable bonds is 6. The average molecular weight is 396 g/mol. The molecular formula is C21H18ClN3O3. The zero-order chi connectivity index (χ0) is 20.1. The fraction of sp³-hybridized carbons (Fsp3) is 0.0952. The third-order valence-electron chi connectivity index (χ3n) is 4.00. The number of amides is 1. The molecular weight excluding hydrogens is 378 g/mol. The Labute approximate surface area is 167 Å². The summed E-state index contributed by atoms with van der Waals surface area (Å²) in [4.78, 5) is 28.1. The van der Waals surface area contributed by atoms with Crippen molar-refractivity contribution >= 4 is 40.5 Å². The molecule has 3 aromatic rings. The van der Waals surface area contributed by atoms with Gasteiger partial charge in [-0.25, -0.2) is 4.98 Å². The summed E-state index contributed by atoms with van der Waals surface area (Å²) in [7, 11) is 1.53. The van der Waals surface area contributed by atoms with Crippen molar-refractivity contribution in [3.05, 3.63) is 76.9 Å². The largest absolute Gasteiger partial charge is 0.495 e. The lowest BCUT2D eigenvalue weighted by atomic mass is 10.1. The molecule has 0 radical (unpaired) electrons. The monoisotopic (exact) mass is 395 g/mol. The van der Waals surface area contributed by atoms with E-state index in [9.17, 15) is 9.59 Å². The zero-order valence-corrected chi connectivity index (χ0v) is 16.1. The Balaban J connectivity index is 1.72. The van der Waals surface area contributed by atoms with Crippen molar-refractivity contribution in [1.29, 1.82) is 0 Å². The van der Waals surface area contributed by atoms with E-state index in [1.807, 2.05) is 0 Å². The minimum atomic E-state index is -0.293. The number of halogens is 1. The van der Waals surface area contributed by atoms with E-state index < -0.39 is 0 Å². The summed E-state index contributed by atoms with van der Waals surface area (Å²) in [6.07, 6.45) is 1.54. The topological polar surface area (TPSA) is 80.3 Å². The van der Waals surface area contributed by atoms with Gasteiger partial charge >= 0.3 is 0 Å². The molecule has 0 fully saturated rings. The zero-order valence-electron chi connectivity index (χ0n) is 15.3. The summed E-state index contributed by atoms with van der Waals surface area (Å²) in [5, 5.41) is 6.31. The van der Waals surface area contributed by atoms with Gasteiger partial charge in [0.15, 0.2) is 5.78 Å². The van der Waals surface area contributed by atoms with E-state index >= 15 is 0 Å². The first kappa shape index (κ1) is 19.4. The molecule has 0 aliphatic rings. The van der Waals surface area contributed by atoms with Crippen LogP contribution in [0.4, 0.5) is 17.2 Å². The Bertz CT molecular complexity index is 1020. The van der Waals surface area contributed by atoms with Gasteiger partial charge in [-0.05, 0) is 61.5 Å². The lowest BCUT2D eigenvalue weighted by Gasteiger charge is -2.10. The number of nitrogens with one attached hydrogen (secondary N) is 2. The molecule has 28 heavy (non-hydrogen) atoms. The molecule has 0 saturated heterocycles. The van der Waals surface area contributed by atoms with E-state index in [4.69, 9.17) is 16.3 Å². The van der Waals surface area contributed by atoms with Crippen molar-refractivity contribution in [1.82, 2.24) is 4.98 Å². The molecule has 0 aliphatic carbocycles. The molecule has 1 amide bonds. The Morgan fingerprint density at radius 1 is 0.964 bits per heavy atom. The van der Waals surface area contributed by atoms with Gasteiger partial charge in [0.2, 0.25) is 0 Å². The Hall–Kier alpha value is -3.38. The molecule has 3 rings (SSSR count). The highest BCUT2D eigenvalue weighted by molar-refractivity contribution is 6.32. The Kier molecular flexibility index (Phi) is 5.91. The molecule has 0 unspecified atom stereocenters. The predicted molar refractivity (Wildman–Crippen MR) is 110 cm³/mol. The van der Waals surface area contributed by atoms with Crippen LogP contribution in [0.25, 0.3) is 0 Å². The van der Waals surface area contributed by atoms with Crippen LogP contribution in [-0.4, -0.2) is 23.8 Å². The lowest BCUT2D eigenvalue weighted by Crippen LogP contribution is -2.12. The number of methoxy groups -OCH3 is 1. The van der Waals surface area contributed by atoms with Crippen LogP contribution in [0.3, 0.4) is 0 Å². The van der Waals surface area contributed by atoms with Gasteiger partial charge in [-0.3, -0.25) is 9.59 Å². The first-order valence-corrected chi connectivity index (χ1v) is 8.83. The van der Waals surface area contributed by atoms with E-state index in [-0.39, 0.29) is 11.7 Å². The van der Waals surface area contributed by atoms with Crippen LogP contribution >= 0.6 is 11.6 Å². The highest BCUT2D eigenvalue weighted by atomic mass is 35.5. The summed E-state index contributed by atoms with van der Waals surface area (Å²) in [6.45, 7) is 1.52. The first-order valence-electron chi connectivity index (χ1n) is 8.45. The average Bonchev–Trinajstić information content (AvgIpc) is 2.69. The normalized spacial score (nSPS) is 10.2. The van der Waals surface area contributed by atoms with E-state index in [0.717, 1.165) is 5.69 Å². The molecule has 1 aromatic heterocycles. The summed E-state index contributed by atoms with van der Waals surface area (Å²) in [6, 6.07) is 15.3. The maximum atomic E-state index is 12.5. The number of anilines is 3. The van der Waals surface area contributed by atoms with Gasteiger partial charge in [-0.15, -0.1) is 0 Å². The molecule has 2 aromatic carbocycles. The van der Waals surface area contributed by atoms with Gasteiger partial charge in [0, 0.05) is 28.7 Å². The summed E-state index contributed by atoms with van der Waals surface area (Å²) in [5.41, 5.74) is 2.38. The lowest BCUT2D eigenvalue weighted by molar-refractivity contribution is 0.101. The Morgan fingerprint density at radius 3 is 2.32 bits per heavy atom. The number of hydrogen-bond donors (Lipinski definition) is 2. The van der Waals surface area contributed by atoms with Gasteiger partial charge in [0.25, 0.3) is 5.91 Å². The van der Waals surface area contributed by atoms with Gasteiger partial charge in [-0.1, -0.05) is 11.6 Å². The number of nitrogens with zero attached hydrogens (tertiary/aromatic N) is 1. The van der Waals surface area contributed by atoms with Crippen LogP contribution in [0.15, 0.2) is 60.8 Å². The molecule has 0 bridgehead atoms. The third kappa shape index (κ3) is 4.66. The van der Waals surface area contributed by atoms with Crippen molar-refractivity contribution in [2.24, 2.45) is 0 Å². The molecule has 6 nitrogen and oxygen atoms in total. The minimum Gasteiger partial charge on any atom is -0.495 e. The smallest absolute Gasteiger partial charge is 0.255 e. The fourth-order valence-corrected chi connectivity index (χ4v) is 2.78. The molecule has 0 aliphatic heterocycles. The van der Waals surface area contributed by atoms with Gasteiger partial charge in [0.05, 0.1) is 12.1 Å². The van der Waals surface area contributed by atoms with Crippen LogP contribution in [0, 0.1) is 0 Å². The van der Waals surface area contributed by atoms with Crippen molar-refractivity contribution in [2.75, 3.05) is 17.7 Å². The van der Waals surface area contributed by atoms with Gasteiger partial charge in [-0.2, -0.15) is 0 Å². The summed E-state index contributed by atoms with van der Waals surface area (Å²) < 4.78 is 5.10. The summed E-state index contributed by atoms with van der Waals surface area (Å²) >= 11 is 6.09. The number of Topliss-reactive ketones (excluding diaryl/α,β-unsaturated/α-hetero) is 1. The second-order valence-electron chi connectivity index (χ2n) is 5.99. The van der Waals surface area contributed by atoms with Crippen molar-refractivity contribution in [3.63, 3.8) is 0 Å². The maximum Gasteiger partial charge on any atom is 0.255 e. The van der Waals surface area contributed by atoms with Crippen LogP contribution in [0.2, 0.25) is 5.02 Å². The minimum absolute atomic E-state index is 0.00183. The predicted octanol–water partition coefficient (Wildman–Crippen LogP) is 4.94. The van der Waals surface area contributed by atoms with Crippen molar-refractivity contribution in [2.45, 2.75) is 6.92 Å². The second kappa shape index (κ2) is 8.54. The SMILES string of the molecule is COc1ccc(NC(=O)c2ccnc(Nc3ccc(C(C)=O)cc3)c2)cc1Cl. The molecule has 1 heterocycles. The Morgan fingerprint density at radius 2 is 1.68 bits per heavy atom. The number of ketones is 1. The van der Waals surface area contributed by atoms with E-state index in [2.05, 4.69) is 15.6 Å². The molecule has 2 N–H and O–H groups in total.